The highest BCUT2D eigenvalue weighted by atomic mass is 16.5. The van der Waals surface area contributed by atoms with Crippen LogP contribution in [0.4, 0.5) is 0 Å². The minimum Gasteiger partial charge on any atom is -0.381 e. The van der Waals surface area contributed by atoms with Crippen LogP contribution < -0.4 is 0 Å². The van der Waals surface area contributed by atoms with E-state index in [1.165, 1.54) is 0 Å². The van der Waals surface area contributed by atoms with Crippen LogP contribution in [0, 0.1) is 11.8 Å². The number of carbonyl (C=O) groups is 1. The summed E-state index contributed by atoms with van der Waals surface area (Å²) in [6.07, 6.45) is 4.56. The van der Waals surface area contributed by atoms with Crippen LogP contribution >= 0.6 is 0 Å². The Morgan fingerprint density at radius 1 is 1.06 bits per heavy atom. The molecular formula is C14H22O4. The summed E-state index contributed by atoms with van der Waals surface area (Å²) in [4.78, 5) is 12.0. The van der Waals surface area contributed by atoms with Gasteiger partial charge in [-0.15, -0.1) is 0 Å². The zero-order valence-corrected chi connectivity index (χ0v) is 10.9. The maximum Gasteiger partial charge on any atom is 0.140 e. The van der Waals surface area contributed by atoms with E-state index >= 15 is 0 Å². The van der Waals surface area contributed by atoms with Crippen molar-refractivity contribution in [2.24, 2.45) is 11.8 Å². The Kier molecular flexibility index (Phi) is 3.68. The minimum absolute atomic E-state index is 0.0150. The molecule has 0 bridgehead atoms. The largest absolute Gasteiger partial charge is 0.381 e. The molecule has 102 valence electrons. The van der Waals surface area contributed by atoms with E-state index in [2.05, 4.69) is 0 Å². The Bertz CT molecular complexity index is 303. The molecule has 3 heterocycles. The third-order valence-corrected chi connectivity index (χ3v) is 4.71. The molecule has 0 aromatic heterocycles. The summed E-state index contributed by atoms with van der Waals surface area (Å²) in [5.74, 6) is 0.961. The summed E-state index contributed by atoms with van der Waals surface area (Å²) in [7, 11) is 0. The summed E-state index contributed by atoms with van der Waals surface area (Å²) in [6.45, 7) is 3.60. The molecule has 3 saturated heterocycles. The predicted molar refractivity (Wildman–Crippen MR) is 65.4 cm³/mol. The number of ketones is 1. The molecule has 3 aliphatic heterocycles. The number of hydrogen-bond acceptors (Lipinski definition) is 4. The zero-order chi connectivity index (χ0) is 12.4. The van der Waals surface area contributed by atoms with E-state index < -0.39 is 0 Å². The van der Waals surface area contributed by atoms with Gasteiger partial charge in [0.1, 0.15) is 5.78 Å². The van der Waals surface area contributed by atoms with E-state index in [-0.39, 0.29) is 11.5 Å². The van der Waals surface area contributed by atoms with E-state index in [0.29, 0.717) is 31.3 Å². The lowest BCUT2D eigenvalue weighted by Crippen LogP contribution is -2.48. The second kappa shape index (κ2) is 5.27. The number of ether oxygens (including phenoxy) is 3. The summed E-state index contributed by atoms with van der Waals surface area (Å²) < 4.78 is 17.0. The van der Waals surface area contributed by atoms with Crippen molar-refractivity contribution in [2.75, 3.05) is 33.0 Å². The van der Waals surface area contributed by atoms with Crippen LogP contribution in [0.5, 0.6) is 0 Å². The molecule has 0 radical (unpaired) electrons. The fraction of sp³-hybridized carbons (Fsp3) is 0.929. The molecule has 0 amide bonds. The van der Waals surface area contributed by atoms with Gasteiger partial charge in [-0.25, -0.2) is 0 Å². The molecule has 0 saturated carbocycles. The molecule has 0 N–H and O–H groups in total. The van der Waals surface area contributed by atoms with Crippen LogP contribution in [0.3, 0.4) is 0 Å². The van der Waals surface area contributed by atoms with Gasteiger partial charge in [0.25, 0.3) is 0 Å². The smallest absolute Gasteiger partial charge is 0.140 e. The van der Waals surface area contributed by atoms with Gasteiger partial charge < -0.3 is 14.2 Å². The molecule has 2 atom stereocenters. The van der Waals surface area contributed by atoms with Crippen LogP contribution in [0.25, 0.3) is 0 Å². The Morgan fingerprint density at radius 3 is 2.67 bits per heavy atom. The molecule has 3 fully saturated rings. The van der Waals surface area contributed by atoms with Gasteiger partial charge in [-0.1, -0.05) is 0 Å². The quantitative estimate of drug-likeness (QED) is 0.712. The molecule has 1 spiro atoms. The van der Waals surface area contributed by atoms with E-state index in [1.54, 1.807) is 0 Å². The standard InChI is InChI=1S/C14H22O4/c15-13-2-5-17-10-12(13)11-1-6-18-14(9-11)3-7-16-8-4-14/h11-12H,1-10H2. The average Bonchev–Trinajstić information content (AvgIpc) is 2.40. The molecule has 18 heavy (non-hydrogen) atoms. The lowest BCUT2D eigenvalue weighted by Gasteiger charge is -2.45. The van der Waals surface area contributed by atoms with Crippen molar-refractivity contribution < 1.29 is 19.0 Å². The second-order valence-corrected chi connectivity index (χ2v) is 5.79. The van der Waals surface area contributed by atoms with Crippen molar-refractivity contribution in [3.63, 3.8) is 0 Å². The van der Waals surface area contributed by atoms with Crippen LogP contribution in [0.2, 0.25) is 0 Å². The van der Waals surface area contributed by atoms with Crippen molar-refractivity contribution in [3.8, 4) is 0 Å². The highest BCUT2D eigenvalue weighted by Crippen LogP contribution is 2.40. The van der Waals surface area contributed by atoms with E-state index in [4.69, 9.17) is 14.2 Å². The first-order valence-corrected chi connectivity index (χ1v) is 7.11. The Balaban J connectivity index is 1.67. The van der Waals surface area contributed by atoms with Crippen molar-refractivity contribution in [1.82, 2.24) is 0 Å². The number of Topliss-reactive ketones (excluding diaryl/α,β-unsaturated/α-hetero) is 1. The Morgan fingerprint density at radius 2 is 1.89 bits per heavy atom. The highest BCUT2D eigenvalue weighted by Gasteiger charge is 2.43. The first kappa shape index (κ1) is 12.6. The maximum absolute atomic E-state index is 12.0. The number of rotatable bonds is 1. The monoisotopic (exact) mass is 254 g/mol. The predicted octanol–water partition coefficient (Wildman–Crippen LogP) is 1.57. The molecular weight excluding hydrogens is 232 g/mol. The van der Waals surface area contributed by atoms with Gasteiger partial charge >= 0.3 is 0 Å². The van der Waals surface area contributed by atoms with Gasteiger partial charge in [-0.3, -0.25) is 4.79 Å². The van der Waals surface area contributed by atoms with Crippen molar-refractivity contribution in [3.05, 3.63) is 0 Å². The highest BCUT2D eigenvalue weighted by molar-refractivity contribution is 5.82. The molecule has 2 unspecified atom stereocenters. The molecule has 3 rings (SSSR count). The van der Waals surface area contributed by atoms with Gasteiger partial charge in [0, 0.05) is 32.2 Å². The summed E-state index contributed by atoms with van der Waals surface area (Å²) >= 11 is 0. The van der Waals surface area contributed by atoms with Crippen LogP contribution in [-0.2, 0) is 19.0 Å². The van der Waals surface area contributed by atoms with Crippen LogP contribution in [0.1, 0.15) is 32.1 Å². The SMILES string of the molecule is O=C1CCOCC1C1CCOC2(CCOCC2)C1. The fourth-order valence-electron chi connectivity index (χ4n) is 3.56. The van der Waals surface area contributed by atoms with Crippen LogP contribution in [-0.4, -0.2) is 44.4 Å². The molecule has 4 heteroatoms. The third-order valence-electron chi connectivity index (χ3n) is 4.71. The first-order chi connectivity index (χ1) is 8.79. The Hall–Kier alpha value is -0.450. The number of carbonyl (C=O) groups excluding carboxylic acids is 1. The van der Waals surface area contributed by atoms with Gasteiger partial charge in [0.15, 0.2) is 0 Å². The van der Waals surface area contributed by atoms with E-state index in [1.807, 2.05) is 0 Å². The second-order valence-electron chi connectivity index (χ2n) is 5.79. The lowest BCUT2D eigenvalue weighted by molar-refractivity contribution is -0.162. The topological polar surface area (TPSA) is 44.8 Å². The number of hydrogen-bond donors (Lipinski definition) is 0. The third kappa shape index (κ3) is 2.46. The van der Waals surface area contributed by atoms with E-state index in [9.17, 15) is 4.79 Å². The molecule has 0 aliphatic carbocycles. The molecule has 3 aliphatic rings. The summed E-state index contributed by atoms with van der Waals surface area (Å²) in [5, 5.41) is 0. The first-order valence-electron chi connectivity index (χ1n) is 7.11. The van der Waals surface area contributed by atoms with Gasteiger partial charge in [-0.2, -0.15) is 0 Å². The normalized spacial score (nSPS) is 36.8. The van der Waals surface area contributed by atoms with Gasteiger partial charge in [0.2, 0.25) is 0 Å². The summed E-state index contributed by atoms with van der Waals surface area (Å²) in [5.41, 5.74) is -0.0150. The van der Waals surface area contributed by atoms with Crippen molar-refractivity contribution in [2.45, 2.75) is 37.7 Å². The van der Waals surface area contributed by atoms with Crippen molar-refractivity contribution >= 4 is 5.78 Å². The molecule has 0 aromatic rings. The Labute approximate surface area is 108 Å². The fourth-order valence-corrected chi connectivity index (χ4v) is 3.56. The zero-order valence-electron chi connectivity index (χ0n) is 10.9. The average molecular weight is 254 g/mol. The summed E-state index contributed by atoms with van der Waals surface area (Å²) in [6, 6.07) is 0. The van der Waals surface area contributed by atoms with Crippen molar-refractivity contribution in [1.29, 1.82) is 0 Å². The lowest BCUT2D eigenvalue weighted by atomic mass is 9.73. The molecule has 4 nitrogen and oxygen atoms in total. The van der Waals surface area contributed by atoms with Gasteiger partial charge in [0.05, 0.1) is 18.8 Å². The van der Waals surface area contributed by atoms with Crippen LogP contribution in [0.15, 0.2) is 0 Å². The minimum atomic E-state index is -0.0150. The van der Waals surface area contributed by atoms with Gasteiger partial charge in [-0.05, 0) is 31.6 Å². The molecule has 0 aromatic carbocycles. The maximum atomic E-state index is 12.0. The van der Waals surface area contributed by atoms with E-state index in [0.717, 1.165) is 45.5 Å².